The topological polar surface area (TPSA) is 29.5 Å². The second-order valence-corrected chi connectivity index (χ2v) is 5.06. The molecule has 14 heavy (non-hydrogen) atoms. The van der Waals surface area contributed by atoms with Gasteiger partial charge in [-0.2, -0.15) is 0 Å². The maximum absolute atomic E-state index is 9.55. The van der Waals surface area contributed by atoms with Crippen molar-refractivity contribution in [2.24, 2.45) is 5.41 Å². The molecule has 0 aromatic carbocycles. The second kappa shape index (κ2) is 4.63. The van der Waals surface area contributed by atoms with Crippen LogP contribution in [0.1, 0.15) is 51.4 Å². The van der Waals surface area contributed by atoms with E-state index in [0.717, 1.165) is 13.0 Å². The molecule has 1 heterocycles. The molecule has 1 saturated heterocycles. The first-order valence-corrected chi connectivity index (χ1v) is 6.07. The highest BCUT2D eigenvalue weighted by molar-refractivity contribution is 4.86. The summed E-state index contributed by atoms with van der Waals surface area (Å²) in [5.41, 5.74) is 0.216. The fourth-order valence-corrected chi connectivity index (χ4v) is 3.02. The lowest BCUT2D eigenvalue weighted by Crippen LogP contribution is -2.32. The third kappa shape index (κ3) is 2.29. The van der Waals surface area contributed by atoms with Gasteiger partial charge in [-0.15, -0.1) is 0 Å². The molecule has 2 nitrogen and oxygen atoms in total. The average Bonchev–Trinajstić information content (AvgIpc) is 2.72. The Morgan fingerprint density at radius 2 is 1.93 bits per heavy atom. The van der Waals surface area contributed by atoms with Crippen LogP contribution in [0.3, 0.4) is 0 Å². The number of rotatable bonds is 3. The Morgan fingerprint density at radius 3 is 2.50 bits per heavy atom. The average molecular weight is 198 g/mol. The molecule has 0 amide bonds. The summed E-state index contributed by atoms with van der Waals surface area (Å²) in [4.78, 5) is 0. The minimum absolute atomic E-state index is 0.216. The van der Waals surface area contributed by atoms with Gasteiger partial charge in [0.25, 0.3) is 0 Å². The Hall–Kier alpha value is -0.0800. The predicted octanol–water partition coefficient (Wildman–Crippen LogP) is 2.50. The quantitative estimate of drug-likeness (QED) is 0.755. The van der Waals surface area contributed by atoms with Gasteiger partial charge in [0.05, 0.1) is 6.10 Å². The van der Waals surface area contributed by atoms with Gasteiger partial charge >= 0.3 is 0 Å². The molecular weight excluding hydrogens is 176 g/mol. The maximum Gasteiger partial charge on any atom is 0.0582 e. The summed E-state index contributed by atoms with van der Waals surface area (Å²) < 4.78 is 5.67. The van der Waals surface area contributed by atoms with Gasteiger partial charge in [0, 0.05) is 13.2 Å². The van der Waals surface area contributed by atoms with Crippen LogP contribution in [0.15, 0.2) is 0 Å². The number of aliphatic hydroxyl groups excluding tert-OH is 1. The van der Waals surface area contributed by atoms with Crippen LogP contribution in [0.4, 0.5) is 0 Å². The van der Waals surface area contributed by atoms with Gasteiger partial charge in [0.15, 0.2) is 0 Å². The summed E-state index contributed by atoms with van der Waals surface area (Å²) in [5.74, 6) is 0. The summed E-state index contributed by atoms with van der Waals surface area (Å²) in [6, 6.07) is 0. The monoisotopic (exact) mass is 198 g/mol. The maximum atomic E-state index is 9.55. The lowest BCUT2D eigenvalue weighted by Gasteiger charge is -2.37. The zero-order valence-corrected chi connectivity index (χ0v) is 9.00. The van der Waals surface area contributed by atoms with Crippen molar-refractivity contribution >= 4 is 0 Å². The van der Waals surface area contributed by atoms with Crippen molar-refractivity contribution in [1.29, 1.82) is 0 Å². The largest absolute Gasteiger partial charge is 0.396 e. The summed E-state index contributed by atoms with van der Waals surface area (Å²) in [6.45, 7) is 1.30. The summed E-state index contributed by atoms with van der Waals surface area (Å²) in [6.07, 6.45) is 10.3. The molecule has 2 rings (SSSR count). The van der Waals surface area contributed by atoms with Crippen molar-refractivity contribution in [3.8, 4) is 0 Å². The third-order valence-corrected chi connectivity index (χ3v) is 3.93. The first-order chi connectivity index (χ1) is 6.85. The normalized spacial score (nSPS) is 31.9. The lowest BCUT2D eigenvalue weighted by molar-refractivity contribution is 0.00925. The highest BCUT2D eigenvalue weighted by Gasteiger charge is 2.35. The van der Waals surface area contributed by atoms with Crippen LogP contribution < -0.4 is 0 Å². The van der Waals surface area contributed by atoms with E-state index in [1.165, 1.54) is 44.9 Å². The van der Waals surface area contributed by atoms with Crippen molar-refractivity contribution in [1.82, 2.24) is 0 Å². The molecule has 1 saturated carbocycles. The van der Waals surface area contributed by atoms with Gasteiger partial charge in [0.1, 0.15) is 0 Å². The van der Waals surface area contributed by atoms with Crippen molar-refractivity contribution in [3.63, 3.8) is 0 Å². The van der Waals surface area contributed by atoms with Crippen molar-refractivity contribution < 1.29 is 9.84 Å². The standard InChI is InChI=1S/C12H22O2/c13-10-12(6-2-1-3-7-12)9-11-5-4-8-14-11/h11,13H,1-10H2. The second-order valence-electron chi connectivity index (χ2n) is 5.06. The smallest absolute Gasteiger partial charge is 0.0582 e. The molecule has 0 spiro atoms. The van der Waals surface area contributed by atoms with Gasteiger partial charge in [0.2, 0.25) is 0 Å². The van der Waals surface area contributed by atoms with Crippen LogP contribution in [0.5, 0.6) is 0 Å². The third-order valence-electron chi connectivity index (χ3n) is 3.93. The van der Waals surface area contributed by atoms with E-state index in [0.29, 0.717) is 12.7 Å². The molecule has 0 aromatic heterocycles. The van der Waals surface area contributed by atoms with E-state index in [2.05, 4.69) is 0 Å². The van der Waals surface area contributed by atoms with Gasteiger partial charge in [-0.05, 0) is 37.5 Å². The Balaban J connectivity index is 1.89. The molecule has 1 aliphatic heterocycles. The van der Waals surface area contributed by atoms with E-state index in [4.69, 9.17) is 4.74 Å². The van der Waals surface area contributed by atoms with Crippen LogP contribution in [0, 0.1) is 5.41 Å². The molecule has 0 aromatic rings. The predicted molar refractivity (Wildman–Crippen MR) is 56.2 cm³/mol. The van der Waals surface area contributed by atoms with Crippen LogP contribution >= 0.6 is 0 Å². The van der Waals surface area contributed by atoms with Gasteiger partial charge in [-0.1, -0.05) is 19.3 Å². The van der Waals surface area contributed by atoms with E-state index in [1.807, 2.05) is 0 Å². The zero-order chi connectivity index (χ0) is 9.86. The molecule has 2 heteroatoms. The van der Waals surface area contributed by atoms with E-state index < -0.39 is 0 Å². The van der Waals surface area contributed by atoms with Crippen LogP contribution in [-0.4, -0.2) is 24.4 Å². The Kier molecular flexibility index (Phi) is 3.45. The van der Waals surface area contributed by atoms with E-state index in [1.54, 1.807) is 0 Å². The number of hydrogen-bond donors (Lipinski definition) is 1. The fourth-order valence-electron chi connectivity index (χ4n) is 3.02. The van der Waals surface area contributed by atoms with Crippen LogP contribution in [-0.2, 0) is 4.74 Å². The molecule has 1 unspecified atom stereocenters. The number of aliphatic hydroxyl groups is 1. The summed E-state index contributed by atoms with van der Waals surface area (Å²) in [7, 11) is 0. The highest BCUT2D eigenvalue weighted by Crippen LogP contribution is 2.41. The molecule has 1 N–H and O–H groups in total. The number of ether oxygens (including phenoxy) is 1. The molecular formula is C12H22O2. The molecule has 2 fully saturated rings. The highest BCUT2D eigenvalue weighted by atomic mass is 16.5. The lowest BCUT2D eigenvalue weighted by atomic mass is 9.71. The van der Waals surface area contributed by atoms with Crippen molar-refractivity contribution in [2.45, 2.75) is 57.5 Å². The van der Waals surface area contributed by atoms with Gasteiger partial charge in [-0.3, -0.25) is 0 Å². The van der Waals surface area contributed by atoms with E-state index in [-0.39, 0.29) is 5.41 Å². The first kappa shape index (κ1) is 10.4. The van der Waals surface area contributed by atoms with E-state index in [9.17, 15) is 5.11 Å². The molecule has 0 bridgehead atoms. The van der Waals surface area contributed by atoms with Crippen LogP contribution in [0.25, 0.3) is 0 Å². The minimum atomic E-state index is 0.216. The Bertz CT molecular complexity index is 167. The van der Waals surface area contributed by atoms with Crippen molar-refractivity contribution in [2.75, 3.05) is 13.2 Å². The number of hydrogen-bond acceptors (Lipinski definition) is 2. The van der Waals surface area contributed by atoms with Gasteiger partial charge in [-0.25, -0.2) is 0 Å². The first-order valence-electron chi connectivity index (χ1n) is 6.07. The molecule has 1 aliphatic carbocycles. The fraction of sp³-hybridized carbons (Fsp3) is 1.00. The SMILES string of the molecule is OCC1(CC2CCCO2)CCCCC1. The Morgan fingerprint density at radius 1 is 1.14 bits per heavy atom. The van der Waals surface area contributed by atoms with E-state index >= 15 is 0 Å². The Labute approximate surface area is 86.6 Å². The summed E-state index contributed by atoms with van der Waals surface area (Å²) >= 11 is 0. The molecule has 82 valence electrons. The molecule has 2 aliphatic rings. The zero-order valence-electron chi connectivity index (χ0n) is 9.00. The van der Waals surface area contributed by atoms with Crippen LogP contribution in [0.2, 0.25) is 0 Å². The summed E-state index contributed by atoms with van der Waals surface area (Å²) in [5, 5.41) is 9.55. The minimum Gasteiger partial charge on any atom is -0.396 e. The van der Waals surface area contributed by atoms with Crippen molar-refractivity contribution in [3.05, 3.63) is 0 Å². The van der Waals surface area contributed by atoms with Gasteiger partial charge < -0.3 is 9.84 Å². The molecule has 0 radical (unpaired) electrons. The molecule has 1 atom stereocenters.